The maximum Gasteiger partial charge on any atom is 0.327 e. The monoisotopic (exact) mass is 301 g/mol. The predicted molar refractivity (Wildman–Crippen MR) is 74.3 cm³/mol. The highest BCUT2D eigenvalue weighted by Crippen LogP contribution is 2.45. The van der Waals surface area contributed by atoms with Gasteiger partial charge < -0.3 is 15.3 Å². The van der Waals surface area contributed by atoms with Crippen molar-refractivity contribution in [3.63, 3.8) is 0 Å². The number of rotatable bonds is 4. The second-order valence-electron chi connectivity index (χ2n) is 5.13. The molecule has 2 rings (SSSR count). The summed E-state index contributed by atoms with van der Waals surface area (Å²) in [6.07, 6.45) is 2.07. The van der Waals surface area contributed by atoms with E-state index in [1.807, 2.05) is 0 Å². The molecule has 0 aromatic heterocycles. The van der Waals surface area contributed by atoms with Crippen LogP contribution in [0.15, 0.2) is 0 Å². The number of nitrogens with zero attached hydrogens (tertiary/aromatic N) is 2. The molecule has 7 nitrogen and oxygen atoms in total. The Morgan fingerprint density at radius 1 is 1.40 bits per heavy atom. The van der Waals surface area contributed by atoms with Crippen LogP contribution in [0.4, 0.5) is 4.79 Å². The molecule has 0 radical (unpaired) electrons. The summed E-state index contributed by atoms with van der Waals surface area (Å²) < 4.78 is 0. The van der Waals surface area contributed by atoms with Crippen LogP contribution in [-0.4, -0.2) is 70.6 Å². The summed E-state index contributed by atoms with van der Waals surface area (Å²) in [6, 6.07) is -1.19. The number of carboxylic acids is 1. The topological polar surface area (TPSA) is 90.0 Å². The number of thioether (sulfide) groups is 1. The number of hydrogen-bond acceptors (Lipinski definition) is 4. The number of carbonyl (C=O) groups excluding carboxylic acids is 2. The fourth-order valence-electron chi connectivity index (χ4n) is 2.26. The van der Waals surface area contributed by atoms with Gasteiger partial charge in [0.15, 0.2) is 0 Å². The lowest BCUT2D eigenvalue weighted by Crippen LogP contribution is -2.52. The molecule has 1 aliphatic heterocycles. The molecule has 2 unspecified atom stereocenters. The molecule has 0 bridgehead atoms. The smallest absolute Gasteiger partial charge is 0.327 e. The van der Waals surface area contributed by atoms with Gasteiger partial charge in [-0.05, 0) is 18.8 Å². The molecule has 112 valence electrons. The van der Waals surface area contributed by atoms with Crippen LogP contribution in [0.3, 0.4) is 0 Å². The minimum Gasteiger partial charge on any atom is -0.480 e. The molecule has 2 N–H and O–H groups in total. The maximum atomic E-state index is 12.4. The first-order valence-corrected chi connectivity index (χ1v) is 7.59. The molecular formula is C12H19N3O4S. The summed E-state index contributed by atoms with van der Waals surface area (Å²) in [5, 5.41) is 11.6. The summed E-state index contributed by atoms with van der Waals surface area (Å²) in [5.74, 6) is -0.456. The molecule has 2 atom stereocenters. The average Bonchev–Trinajstić information content (AvgIpc) is 3.15. The first-order chi connectivity index (χ1) is 9.45. The highest BCUT2D eigenvalue weighted by Gasteiger charge is 2.48. The molecular weight excluding hydrogens is 282 g/mol. The molecule has 1 heterocycles. The van der Waals surface area contributed by atoms with E-state index in [2.05, 4.69) is 5.32 Å². The van der Waals surface area contributed by atoms with Crippen LogP contribution in [0.1, 0.15) is 12.8 Å². The molecule has 1 saturated heterocycles. The van der Waals surface area contributed by atoms with E-state index in [0.29, 0.717) is 11.7 Å². The van der Waals surface area contributed by atoms with E-state index < -0.39 is 12.0 Å². The van der Waals surface area contributed by atoms with Gasteiger partial charge in [-0.1, -0.05) is 0 Å². The van der Waals surface area contributed by atoms with Crippen molar-refractivity contribution in [3.05, 3.63) is 0 Å². The standard InChI is InChI=1S/C12H19N3O4S/c1-13-9(16)5-14(2)12(19)15-8(11(17)18)6-20-10(15)7-3-4-7/h7-8,10H,3-6H2,1-2H3,(H,13,16)(H,17,18). The van der Waals surface area contributed by atoms with Gasteiger partial charge in [0.25, 0.3) is 0 Å². The molecule has 1 aliphatic carbocycles. The molecule has 20 heavy (non-hydrogen) atoms. The van der Waals surface area contributed by atoms with Gasteiger partial charge in [-0.2, -0.15) is 0 Å². The molecule has 1 saturated carbocycles. The second-order valence-corrected chi connectivity index (χ2v) is 6.28. The highest BCUT2D eigenvalue weighted by atomic mass is 32.2. The second kappa shape index (κ2) is 5.90. The van der Waals surface area contributed by atoms with Gasteiger partial charge in [-0.3, -0.25) is 9.69 Å². The zero-order valence-electron chi connectivity index (χ0n) is 11.5. The van der Waals surface area contributed by atoms with Crippen LogP contribution in [-0.2, 0) is 9.59 Å². The van der Waals surface area contributed by atoms with E-state index in [1.54, 1.807) is 0 Å². The van der Waals surface area contributed by atoms with E-state index in [0.717, 1.165) is 12.8 Å². The third-order valence-corrected chi connectivity index (χ3v) is 5.01. The number of likely N-dealkylation sites (N-methyl/N-ethyl adjacent to an activating group) is 2. The normalized spacial score (nSPS) is 25.4. The van der Waals surface area contributed by atoms with E-state index in [-0.39, 0.29) is 23.9 Å². The van der Waals surface area contributed by atoms with Crippen LogP contribution in [0.5, 0.6) is 0 Å². The minimum atomic E-state index is -0.984. The van der Waals surface area contributed by atoms with Crippen LogP contribution in [0, 0.1) is 5.92 Å². The zero-order valence-corrected chi connectivity index (χ0v) is 12.4. The fourth-order valence-corrected chi connectivity index (χ4v) is 3.89. The number of carboxylic acid groups (broad SMARTS) is 1. The molecule has 3 amide bonds. The highest BCUT2D eigenvalue weighted by molar-refractivity contribution is 8.00. The maximum absolute atomic E-state index is 12.4. The van der Waals surface area contributed by atoms with Crippen molar-refractivity contribution in [3.8, 4) is 0 Å². The first-order valence-electron chi connectivity index (χ1n) is 6.54. The molecule has 2 aliphatic rings. The van der Waals surface area contributed by atoms with Crippen LogP contribution in [0.2, 0.25) is 0 Å². The Hall–Kier alpha value is -1.44. The zero-order chi connectivity index (χ0) is 14.9. The lowest BCUT2D eigenvalue weighted by molar-refractivity contribution is -0.141. The van der Waals surface area contributed by atoms with Gasteiger partial charge in [0, 0.05) is 19.8 Å². The van der Waals surface area contributed by atoms with Crippen molar-refractivity contribution in [2.24, 2.45) is 5.92 Å². The largest absolute Gasteiger partial charge is 0.480 e. The van der Waals surface area contributed by atoms with E-state index in [1.165, 1.54) is 35.7 Å². The van der Waals surface area contributed by atoms with Crippen molar-refractivity contribution >= 4 is 29.7 Å². The number of hydrogen-bond donors (Lipinski definition) is 2. The number of carbonyl (C=O) groups is 3. The molecule has 2 fully saturated rings. The molecule has 0 aromatic rings. The third kappa shape index (κ3) is 3.00. The Morgan fingerprint density at radius 2 is 2.05 bits per heavy atom. The molecule has 0 aromatic carbocycles. The van der Waals surface area contributed by atoms with E-state index >= 15 is 0 Å². The van der Waals surface area contributed by atoms with Gasteiger partial charge >= 0.3 is 12.0 Å². The van der Waals surface area contributed by atoms with Gasteiger partial charge in [0.2, 0.25) is 5.91 Å². The van der Waals surface area contributed by atoms with E-state index in [9.17, 15) is 19.5 Å². The van der Waals surface area contributed by atoms with Crippen molar-refractivity contribution in [2.45, 2.75) is 24.3 Å². The fraction of sp³-hybridized carbons (Fsp3) is 0.750. The Bertz CT molecular complexity index is 427. The average molecular weight is 301 g/mol. The number of urea groups is 1. The molecule has 8 heteroatoms. The van der Waals surface area contributed by atoms with Gasteiger partial charge in [0.1, 0.15) is 12.6 Å². The number of aliphatic carboxylic acids is 1. The minimum absolute atomic E-state index is 0.0692. The Labute approximate surface area is 121 Å². The number of amides is 3. The Kier molecular flexibility index (Phi) is 4.42. The molecule has 0 spiro atoms. The summed E-state index contributed by atoms with van der Waals surface area (Å²) in [7, 11) is 3.02. The first kappa shape index (κ1) is 15.0. The van der Waals surface area contributed by atoms with Gasteiger partial charge in [-0.25, -0.2) is 9.59 Å². The Balaban J connectivity index is 2.10. The van der Waals surface area contributed by atoms with Crippen molar-refractivity contribution in [1.82, 2.24) is 15.1 Å². The third-order valence-electron chi connectivity index (χ3n) is 3.55. The Morgan fingerprint density at radius 3 is 2.55 bits per heavy atom. The van der Waals surface area contributed by atoms with Gasteiger partial charge in [-0.15, -0.1) is 11.8 Å². The summed E-state index contributed by atoms with van der Waals surface area (Å²) in [6.45, 7) is -0.0692. The SMILES string of the molecule is CNC(=O)CN(C)C(=O)N1C(C(=O)O)CSC1C1CC1. The van der Waals surface area contributed by atoms with Crippen LogP contribution >= 0.6 is 11.8 Å². The van der Waals surface area contributed by atoms with Crippen LogP contribution < -0.4 is 5.32 Å². The van der Waals surface area contributed by atoms with Crippen molar-refractivity contribution < 1.29 is 19.5 Å². The van der Waals surface area contributed by atoms with Crippen molar-refractivity contribution in [1.29, 1.82) is 0 Å². The van der Waals surface area contributed by atoms with Crippen molar-refractivity contribution in [2.75, 3.05) is 26.4 Å². The lowest BCUT2D eigenvalue weighted by Gasteiger charge is -2.31. The van der Waals surface area contributed by atoms with Gasteiger partial charge in [0.05, 0.1) is 5.37 Å². The summed E-state index contributed by atoms with van der Waals surface area (Å²) >= 11 is 1.52. The lowest BCUT2D eigenvalue weighted by atomic mass is 10.2. The predicted octanol–water partition coefficient (Wildman–Crippen LogP) is 0.0223. The quantitative estimate of drug-likeness (QED) is 0.764. The van der Waals surface area contributed by atoms with Crippen LogP contribution in [0.25, 0.3) is 0 Å². The van der Waals surface area contributed by atoms with E-state index in [4.69, 9.17) is 0 Å². The summed E-state index contributed by atoms with van der Waals surface area (Å²) in [5.41, 5.74) is 0. The summed E-state index contributed by atoms with van der Waals surface area (Å²) in [4.78, 5) is 37.8. The number of nitrogens with one attached hydrogen (secondary N) is 1.